The van der Waals surface area contributed by atoms with Crippen molar-refractivity contribution in [2.24, 2.45) is 0 Å². The molecule has 78 valence electrons. The first-order valence-electron chi connectivity index (χ1n) is 4.90. The highest BCUT2D eigenvalue weighted by molar-refractivity contribution is 9.09. The van der Waals surface area contributed by atoms with Crippen LogP contribution in [0.1, 0.15) is 36.8 Å². The molecule has 0 aliphatic rings. The van der Waals surface area contributed by atoms with E-state index >= 15 is 0 Å². The standard InChI is InChI=1S/C12H16Br2/c1-9(7-13)11-3-5-12(6-4-11)10(2)8-14/h3-6,9-10H,7-8H2,1-2H3. The summed E-state index contributed by atoms with van der Waals surface area (Å²) >= 11 is 7.01. The van der Waals surface area contributed by atoms with Gasteiger partial charge in [-0.2, -0.15) is 0 Å². The van der Waals surface area contributed by atoms with Crippen LogP contribution in [0.5, 0.6) is 0 Å². The summed E-state index contributed by atoms with van der Waals surface area (Å²) in [5.74, 6) is 1.20. The third-order valence-electron chi connectivity index (χ3n) is 2.54. The molecule has 0 fully saturated rings. The molecule has 0 saturated heterocycles. The Morgan fingerprint density at radius 3 is 1.36 bits per heavy atom. The van der Waals surface area contributed by atoms with Crippen LogP contribution in [0.25, 0.3) is 0 Å². The van der Waals surface area contributed by atoms with Crippen LogP contribution in [-0.2, 0) is 0 Å². The maximum absolute atomic E-state index is 3.51. The Morgan fingerprint density at radius 2 is 1.14 bits per heavy atom. The van der Waals surface area contributed by atoms with Crippen LogP contribution in [-0.4, -0.2) is 10.7 Å². The molecule has 2 atom stereocenters. The smallest absolute Gasteiger partial charge is 0.00975 e. The fourth-order valence-corrected chi connectivity index (χ4v) is 2.08. The molecular weight excluding hydrogens is 304 g/mol. The second-order valence-electron chi connectivity index (χ2n) is 3.78. The van der Waals surface area contributed by atoms with E-state index in [1.54, 1.807) is 0 Å². The van der Waals surface area contributed by atoms with Crippen molar-refractivity contribution in [1.82, 2.24) is 0 Å². The fraction of sp³-hybridized carbons (Fsp3) is 0.500. The van der Waals surface area contributed by atoms with Crippen molar-refractivity contribution in [2.45, 2.75) is 25.7 Å². The van der Waals surface area contributed by atoms with Gasteiger partial charge >= 0.3 is 0 Å². The van der Waals surface area contributed by atoms with Crippen LogP contribution in [0.15, 0.2) is 24.3 Å². The summed E-state index contributed by atoms with van der Waals surface area (Å²) in [6.45, 7) is 4.47. The molecular formula is C12H16Br2. The first-order valence-corrected chi connectivity index (χ1v) is 7.15. The van der Waals surface area contributed by atoms with Gasteiger partial charge in [0.15, 0.2) is 0 Å². The average molecular weight is 320 g/mol. The summed E-state index contributed by atoms with van der Waals surface area (Å²) in [6.07, 6.45) is 0. The largest absolute Gasteiger partial charge is 0.0922 e. The predicted molar refractivity (Wildman–Crippen MR) is 70.9 cm³/mol. The molecule has 0 spiro atoms. The van der Waals surface area contributed by atoms with E-state index in [4.69, 9.17) is 0 Å². The Morgan fingerprint density at radius 1 is 0.857 bits per heavy atom. The normalized spacial score (nSPS) is 15.1. The summed E-state index contributed by atoms with van der Waals surface area (Å²) in [5, 5.41) is 2.06. The lowest BCUT2D eigenvalue weighted by molar-refractivity contribution is 0.865. The van der Waals surface area contributed by atoms with E-state index in [2.05, 4.69) is 70.0 Å². The predicted octanol–water partition coefficient (Wildman–Crippen LogP) is 4.68. The molecule has 0 N–H and O–H groups in total. The van der Waals surface area contributed by atoms with Crippen LogP contribution < -0.4 is 0 Å². The Hall–Kier alpha value is 0.180. The van der Waals surface area contributed by atoms with Crippen molar-refractivity contribution in [3.8, 4) is 0 Å². The van der Waals surface area contributed by atoms with Gasteiger partial charge in [0, 0.05) is 10.7 Å². The second kappa shape index (κ2) is 5.92. The Labute approximate surface area is 103 Å². The summed E-state index contributed by atoms with van der Waals surface area (Å²) in [5.41, 5.74) is 2.82. The van der Waals surface area contributed by atoms with Gasteiger partial charge in [0.25, 0.3) is 0 Å². The van der Waals surface area contributed by atoms with E-state index in [9.17, 15) is 0 Å². The van der Waals surface area contributed by atoms with Gasteiger partial charge in [0.1, 0.15) is 0 Å². The molecule has 1 aromatic carbocycles. The number of benzene rings is 1. The molecule has 0 aromatic heterocycles. The molecule has 0 radical (unpaired) electrons. The Kier molecular flexibility index (Phi) is 5.18. The van der Waals surface area contributed by atoms with Crippen LogP contribution in [0.3, 0.4) is 0 Å². The average Bonchev–Trinajstić information content (AvgIpc) is 2.27. The molecule has 0 amide bonds. The zero-order valence-corrected chi connectivity index (χ0v) is 11.8. The number of alkyl halides is 2. The Bertz CT molecular complexity index is 237. The van der Waals surface area contributed by atoms with E-state index in [-0.39, 0.29) is 0 Å². The molecule has 1 aromatic rings. The quantitative estimate of drug-likeness (QED) is 0.707. The van der Waals surface area contributed by atoms with Crippen LogP contribution >= 0.6 is 31.9 Å². The van der Waals surface area contributed by atoms with Crippen molar-refractivity contribution >= 4 is 31.9 Å². The minimum Gasteiger partial charge on any atom is -0.0922 e. The third kappa shape index (κ3) is 3.09. The van der Waals surface area contributed by atoms with Crippen molar-refractivity contribution in [3.63, 3.8) is 0 Å². The van der Waals surface area contributed by atoms with Crippen molar-refractivity contribution in [2.75, 3.05) is 10.7 Å². The van der Waals surface area contributed by atoms with E-state index in [1.807, 2.05) is 0 Å². The van der Waals surface area contributed by atoms with Crippen LogP contribution in [0.4, 0.5) is 0 Å². The van der Waals surface area contributed by atoms with Gasteiger partial charge in [-0.1, -0.05) is 70.0 Å². The molecule has 0 bridgehead atoms. The molecule has 1 rings (SSSR count). The molecule has 0 saturated carbocycles. The summed E-state index contributed by atoms with van der Waals surface area (Å²) in [7, 11) is 0. The minimum absolute atomic E-state index is 0.600. The monoisotopic (exact) mass is 318 g/mol. The molecule has 0 aliphatic carbocycles. The SMILES string of the molecule is CC(CBr)c1ccc(C(C)CBr)cc1. The van der Waals surface area contributed by atoms with E-state index in [1.165, 1.54) is 11.1 Å². The van der Waals surface area contributed by atoms with Gasteiger partial charge in [0.2, 0.25) is 0 Å². The molecule has 2 heteroatoms. The van der Waals surface area contributed by atoms with E-state index in [0.29, 0.717) is 11.8 Å². The summed E-state index contributed by atoms with van der Waals surface area (Å²) < 4.78 is 0. The molecule has 0 aliphatic heterocycles. The maximum Gasteiger partial charge on any atom is 0.00975 e. The Balaban J connectivity index is 2.78. The van der Waals surface area contributed by atoms with E-state index in [0.717, 1.165) is 10.7 Å². The lowest BCUT2D eigenvalue weighted by atomic mass is 9.97. The lowest BCUT2D eigenvalue weighted by Gasteiger charge is -2.11. The zero-order chi connectivity index (χ0) is 10.6. The fourth-order valence-electron chi connectivity index (χ4n) is 1.33. The second-order valence-corrected chi connectivity index (χ2v) is 5.07. The van der Waals surface area contributed by atoms with E-state index < -0.39 is 0 Å². The van der Waals surface area contributed by atoms with Gasteiger partial charge in [-0.25, -0.2) is 0 Å². The molecule has 2 unspecified atom stereocenters. The molecule has 14 heavy (non-hydrogen) atoms. The highest BCUT2D eigenvalue weighted by Crippen LogP contribution is 2.22. The highest BCUT2D eigenvalue weighted by Gasteiger charge is 2.06. The van der Waals surface area contributed by atoms with Gasteiger partial charge in [-0.05, 0) is 23.0 Å². The maximum atomic E-state index is 3.51. The van der Waals surface area contributed by atoms with Gasteiger partial charge < -0.3 is 0 Å². The zero-order valence-electron chi connectivity index (χ0n) is 8.63. The van der Waals surface area contributed by atoms with Gasteiger partial charge in [-0.3, -0.25) is 0 Å². The van der Waals surface area contributed by atoms with Crippen molar-refractivity contribution in [3.05, 3.63) is 35.4 Å². The minimum atomic E-state index is 0.600. The third-order valence-corrected chi connectivity index (χ3v) is 4.48. The van der Waals surface area contributed by atoms with Crippen molar-refractivity contribution in [1.29, 1.82) is 0 Å². The summed E-state index contributed by atoms with van der Waals surface area (Å²) in [4.78, 5) is 0. The van der Waals surface area contributed by atoms with Crippen LogP contribution in [0.2, 0.25) is 0 Å². The first-order chi connectivity index (χ1) is 6.69. The van der Waals surface area contributed by atoms with Gasteiger partial charge in [-0.15, -0.1) is 0 Å². The lowest BCUT2D eigenvalue weighted by Crippen LogP contribution is -1.97. The number of hydrogen-bond acceptors (Lipinski definition) is 0. The van der Waals surface area contributed by atoms with Gasteiger partial charge in [0.05, 0.1) is 0 Å². The number of rotatable bonds is 4. The van der Waals surface area contributed by atoms with Crippen LogP contribution in [0, 0.1) is 0 Å². The number of hydrogen-bond donors (Lipinski definition) is 0. The molecule has 0 heterocycles. The highest BCUT2D eigenvalue weighted by atomic mass is 79.9. The number of halogens is 2. The first kappa shape index (κ1) is 12.3. The molecule has 0 nitrogen and oxygen atoms in total. The summed E-state index contributed by atoms with van der Waals surface area (Å²) in [6, 6.07) is 8.95. The van der Waals surface area contributed by atoms with Crippen molar-refractivity contribution < 1.29 is 0 Å². The topological polar surface area (TPSA) is 0 Å².